The van der Waals surface area contributed by atoms with Gasteiger partial charge >= 0.3 is 0 Å². The molecule has 0 bridgehead atoms. The second kappa shape index (κ2) is 6.71. The minimum Gasteiger partial charge on any atom is -0.352 e. The number of aromatic nitrogens is 3. The van der Waals surface area contributed by atoms with Crippen LogP contribution >= 0.6 is 11.8 Å². The summed E-state index contributed by atoms with van der Waals surface area (Å²) in [5, 5.41) is 11.6. The van der Waals surface area contributed by atoms with Gasteiger partial charge in [0.25, 0.3) is 0 Å². The number of benzene rings is 1. The molecule has 1 amide bonds. The lowest BCUT2D eigenvalue weighted by Gasteiger charge is -2.19. The van der Waals surface area contributed by atoms with Crippen LogP contribution in [0.25, 0.3) is 11.4 Å². The van der Waals surface area contributed by atoms with E-state index in [0.717, 1.165) is 18.4 Å². The summed E-state index contributed by atoms with van der Waals surface area (Å²) < 4.78 is 1.46. The van der Waals surface area contributed by atoms with Crippen LogP contribution in [0.15, 0.2) is 29.4 Å². The lowest BCUT2D eigenvalue weighted by molar-refractivity contribution is -0.120. The first-order chi connectivity index (χ1) is 11.8. The van der Waals surface area contributed by atoms with Crippen LogP contribution in [0.4, 0.5) is 0 Å². The van der Waals surface area contributed by atoms with Gasteiger partial charge in [0.05, 0.1) is 5.25 Å². The summed E-state index contributed by atoms with van der Waals surface area (Å²) in [5.41, 5.74) is 2.25. The van der Waals surface area contributed by atoms with Gasteiger partial charge in [-0.05, 0) is 30.7 Å². The lowest BCUT2D eigenvalue weighted by Crippen LogP contribution is -2.32. The largest absolute Gasteiger partial charge is 0.352 e. The van der Waals surface area contributed by atoms with Crippen molar-refractivity contribution in [3.05, 3.63) is 29.8 Å². The molecule has 0 unspecified atom stereocenters. The van der Waals surface area contributed by atoms with Crippen molar-refractivity contribution in [1.29, 1.82) is 0 Å². The lowest BCUT2D eigenvalue weighted by atomic mass is 9.87. The van der Waals surface area contributed by atoms with Crippen molar-refractivity contribution in [2.45, 2.75) is 62.4 Å². The van der Waals surface area contributed by atoms with Gasteiger partial charge in [-0.25, -0.2) is 4.68 Å². The molecular formula is C18H25N5OS. The van der Waals surface area contributed by atoms with E-state index >= 15 is 0 Å². The van der Waals surface area contributed by atoms with Gasteiger partial charge in [-0.15, -0.1) is 10.2 Å². The Bertz CT molecular complexity index is 759. The molecule has 0 radical (unpaired) electrons. The molecule has 3 rings (SSSR count). The number of nitrogens with one attached hydrogen (secondary N) is 1. The van der Waals surface area contributed by atoms with E-state index in [1.165, 1.54) is 22.0 Å². The Morgan fingerprint density at radius 3 is 2.48 bits per heavy atom. The second-order valence-corrected chi connectivity index (χ2v) is 8.85. The summed E-state index contributed by atoms with van der Waals surface area (Å²) in [7, 11) is 0. The van der Waals surface area contributed by atoms with Crippen molar-refractivity contribution >= 4 is 17.7 Å². The number of hydrogen-bond acceptors (Lipinski definition) is 5. The fraction of sp³-hybridized carbons (Fsp3) is 0.500. The first-order valence-corrected chi connectivity index (χ1v) is 9.42. The van der Waals surface area contributed by atoms with Crippen LogP contribution in [0.1, 0.15) is 46.1 Å². The highest BCUT2D eigenvalue weighted by Gasteiger charge is 2.27. The molecule has 1 aromatic carbocycles. The molecule has 0 saturated heterocycles. The summed E-state index contributed by atoms with van der Waals surface area (Å²) in [4.78, 5) is 12.1. The third kappa shape index (κ3) is 4.15. The number of carbonyl (C=O) groups excluding carboxylic acids is 1. The quantitative estimate of drug-likeness (QED) is 0.633. The van der Waals surface area contributed by atoms with Crippen molar-refractivity contribution in [3.8, 4) is 11.4 Å². The van der Waals surface area contributed by atoms with Crippen LogP contribution in [0.3, 0.4) is 0 Å². The highest BCUT2D eigenvalue weighted by molar-refractivity contribution is 8.00. The number of hydrogen-bond donors (Lipinski definition) is 2. The predicted molar refractivity (Wildman–Crippen MR) is 101 cm³/mol. The predicted octanol–water partition coefficient (Wildman–Crippen LogP) is 2.72. The van der Waals surface area contributed by atoms with Gasteiger partial charge in [-0.2, -0.15) is 0 Å². The van der Waals surface area contributed by atoms with Crippen LogP contribution in [0.2, 0.25) is 0 Å². The minimum absolute atomic E-state index is 0.0200. The summed E-state index contributed by atoms with van der Waals surface area (Å²) in [5.74, 6) is 6.78. The average molecular weight is 359 g/mol. The van der Waals surface area contributed by atoms with E-state index in [1.807, 2.05) is 19.1 Å². The van der Waals surface area contributed by atoms with Crippen LogP contribution in [-0.2, 0) is 10.2 Å². The number of rotatable bonds is 5. The fourth-order valence-corrected chi connectivity index (χ4v) is 3.21. The number of nitrogens with two attached hydrogens (primary N) is 1. The molecular weight excluding hydrogens is 334 g/mol. The van der Waals surface area contributed by atoms with Crippen LogP contribution in [0.5, 0.6) is 0 Å². The minimum atomic E-state index is -0.261. The van der Waals surface area contributed by atoms with E-state index in [2.05, 4.69) is 48.4 Å². The monoisotopic (exact) mass is 359 g/mol. The Morgan fingerprint density at radius 2 is 1.92 bits per heavy atom. The zero-order valence-corrected chi connectivity index (χ0v) is 15.9. The first kappa shape index (κ1) is 17.8. The first-order valence-electron chi connectivity index (χ1n) is 8.54. The summed E-state index contributed by atoms with van der Waals surface area (Å²) in [6, 6.07) is 8.53. The molecule has 0 spiro atoms. The number of amides is 1. The molecule has 134 valence electrons. The van der Waals surface area contributed by atoms with E-state index in [1.54, 1.807) is 0 Å². The molecule has 3 N–H and O–H groups in total. The third-order valence-electron chi connectivity index (χ3n) is 4.25. The molecule has 0 aliphatic heterocycles. The maximum atomic E-state index is 12.1. The highest BCUT2D eigenvalue weighted by atomic mass is 32.2. The van der Waals surface area contributed by atoms with Gasteiger partial charge in [0.15, 0.2) is 5.82 Å². The summed E-state index contributed by atoms with van der Waals surface area (Å²) in [6.07, 6.45) is 2.15. The molecule has 6 nitrogen and oxygen atoms in total. The summed E-state index contributed by atoms with van der Waals surface area (Å²) >= 11 is 1.32. The van der Waals surface area contributed by atoms with Gasteiger partial charge in [0, 0.05) is 11.6 Å². The van der Waals surface area contributed by atoms with Crippen molar-refractivity contribution in [3.63, 3.8) is 0 Å². The van der Waals surface area contributed by atoms with Gasteiger partial charge in [0.2, 0.25) is 11.1 Å². The molecule has 1 atom stereocenters. The number of nitrogens with zero attached hydrogens (tertiary/aromatic N) is 3. The van der Waals surface area contributed by atoms with Crippen molar-refractivity contribution in [2.24, 2.45) is 0 Å². The van der Waals surface area contributed by atoms with E-state index < -0.39 is 0 Å². The van der Waals surface area contributed by atoms with Crippen LogP contribution < -0.4 is 11.2 Å². The standard InChI is InChI=1S/C18H25N5OS/c1-11(16(24)20-14-9-10-14)25-17-22-21-15(23(17)19)12-5-7-13(8-6-12)18(2,3)4/h5-8,11,14H,9-10,19H2,1-4H3,(H,20,24)/t11-/m1/s1. The Kier molecular flexibility index (Phi) is 4.77. The molecule has 1 aliphatic rings. The summed E-state index contributed by atoms with van der Waals surface area (Å²) in [6.45, 7) is 8.39. The Labute approximate surface area is 152 Å². The third-order valence-corrected chi connectivity index (χ3v) is 5.31. The normalized spacial score (nSPS) is 15.8. The smallest absolute Gasteiger partial charge is 0.233 e. The zero-order chi connectivity index (χ0) is 18.2. The molecule has 1 heterocycles. The van der Waals surface area contributed by atoms with Crippen LogP contribution in [0, 0.1) is 0 Å². The fourth-order valence-electron chi connectivity index (χ4n) is 2.43. The van der Waals surface area contributed by atoms with Crippen LogP contribution in [-0.4, -0.2) is 32.1 Å². The van der Waals surface area contributed by atoms with Gasteiger partial charge in [-0.3, -0.25) is 4.79 Å². The van der Waals surface area contributed by atoms with Crippen molar-refractivity contribution in [2.75, 3.05) is 5.84 Å². The molecule has 1 aliphatic carbocycles. The maximum Gasteiger partial charge on any atom is 0.233 e. The second-order valence-electron chi connectivity index (χ2n) is 7.55. The van der Waals surface area contributed by atoms with Gasteiger partial charge in [0.1, 0.15) is 0 Å². The molecule has 1 aromatic heterocycles. The van der Waals surface area contributed by atoms with Gasteiger partial charge in [-0.1, -0.05) is 56.8 Å². The average Bonchev–Trinajstić information content (AvgIpc) is 3.30. The molecule has 7 heteroatoms. The highest BCUT2D eigenvalue weighted by Crippen LogP contribution is 2.28. The number of nitrogen functional groups attached to an aromatic ring is 1. The number of carbonyl (C=O) groups is 1. The van der Waals surface area contributed by atoms with Crippen molar-refractivity contribution in [1.82, 2.24) is 20.2 Å². The maximum absolute atomic E-state index is 12.1. The Morgan fingerprint density at radius 1 is 1.28 bits per heavy atom. The molecule has 1 saturated carbocycles. The Hall–Kier alpha value is -2.02. The molecule has 2 aromatic rings. The van der Waals surface area contributed by atoms with Gasteiger partial charge < -0.3 is 11.2 Å². The molecule has 25 heavy (non-hydrogen) atoms. The SMILES string of the molecule is C[C@@H](Sc1nnc(-c2ccc(C(C)(C)C)cc2)n1N)C(=O)NC1CC1. The van der Waals surface area contributed by atoms with E-state index in [-0.39, 0.29) is 16.6 Å². The molecule has 1 fully saturated rings. The van der Waals surface area contributed by atoms with E-state index in [4.69, 9.17) is 5.84 Å². The van der Waals surface area contributed by atoms with E-state index in [0.29, 0.717) is 17.0 Å². The van der Waals surface area contributed by atoms with E-state index in [9.17, 15) is 4.79 Å². The Balaban J connectivity index is 1.73. The van der Waals surface area contributed by atoms with Crippen molar-refractivity contribution < 1.29 is 4.79 Å². The number of thioether (sulfide) groups is 1. The zero-order valence-electron chi connectivity index (χ0n) is 15.1. The topological polar surface area (TPSA) is 85.8 Å².